The summed E-state index contributed by atoms with van der Waals surface area (Å²) in [4.78, 5) is 41.0. The number of nitrogens with zero attached hydrogens (tertiary/aromatic N) is 1. The number of anilines is 2. The van der Waals surface area contributed by atoms with Crippen molar-refractivity contribution >= 4 is 39.9 Å². The van der Waals surface area contributed by atoms with Gasteiger partial charge in [0.25, 0.3) is 0 Å². The van der Waals surface area contributed by atoms with Crippen LogP contribution in [0.3, 0.4) is 0 Å². The second kappa shape index (κ2) is 5.52. The maximum absolute atomic E-state index is 13.5. The maximum atomic E-state index is 13.5. The van der Waals surface area contributed by atoms with Crippen molar-refractivity contribution in [3.8, 4) is 0 Å². The summed E-state index contributed by atoms with van der Waals surface area (Å²) in [5.41, 5.74) is 0.781. The third kappa shape index (κ3) is 1.96. The molecule has 142 valence electrons. The molecule has 29 heavy (non-hydrogen) atoms. The van der Waals surface area contributed by atoms with E-state index in [1.54, 1.807) is 6.07 Å². The van der Waals surface area contributed by atoms with Gasteiger partial charge in [0.15, 0.2) is 0 Å². The Kier molecular flexibility index (Phi) is 3.13. The third-order valence-electron chi connectivity index (χ3n) is 6.44. The van der Waals surface area contributed by atoms with Crippen molar-refractivity contribution in [1.82, 2.24) is 5.32 Å². The highest BCUT2D eigenvalue weighted by atomic mass is 16.2. The van der Waals surface area contributed by atoms with E-state index in [1.165, 1.54) is 4.90 Å². The Morgan fingerprint density at radius 3 is 2.48 bits per heavy atom. The zero-order valence-electron chi connectivity index (χ0n) is 15.4. The summed E-state index contributed by atoms with van der Waals surface area (Å²) in [5.74, 6) is -2.17. The van der Waals surface area contributed by atoms with Gasteiger partial charge in [-0.1, -0.05) is 48.5 Å². The molecule has 0 bridgehead atoms. The summed E-state index contributed by atoms with van der Waals surface area (Å²) in [6, 6.07) is 20.7. The molecule has 0 unspecified atom stereocenters. The molecule has 6 rings (SSSR count). The SMILES string of the molecule is O=C1[C@@H]2[C@@H](CN[C@@]23C(=O)Nc2ccccc23)C(=O)N1c1ccc2ccccc2c1. The van der Waals surface area contributed by atoms with Crippen LogP contribution in [0.25, 0.3) is 10.8 Å². The lowest BCUT2D eigenvalue weighted by Gasteiger charge is -2.28. The molecular weight excluding hydrogens is 366 g/mol. The van der Waals surface area contributed by atoms with Gasteiger partial charge in [0, 0.05) is 17.8 Å². The smallest absolute Gasteiger partial charge is 0.250 e. The van der Waals surface area contributed by atoms with E-state index in [-0.39, 0.29) is 17.7 Å². The number of hydrogen-bond donors (Lipinski definition) is 2. The summed E-state index contributed by atoms with van der Waals surface area (Å²) in [6.07, 6.45) is 0. The van der Waals surface area contributed by atoms with E-state index in [0.29, 0.717) is 17.9 Å². The first-order valence-corrected chi connectivity index (χ1v) is 9.64. The number of hydrogen-bond acceptors (Lipinski definition) is 4. The number of carbonyl (C=O) groups excluding carboxylic acids is 3. The molecule has 3 aliphatic heterocycles. The van der Waals surface area contributed by atoms with Crippen LogP contribution in [-0.4, -0.2) is 24.3 Å². The average molecular weight is 383 g/mol. The Balaban J connectivity index is 1.47. The molecule has 3 heterocycles. The van der Waals surface area contributed by atoms with Crippen LogP contribution in [0.1, 0.15) is 5.56 Å². The van der Waals surface area contributed by atoms with Gasteiger partial charge in [-0.05, 0) is 29.0 Å². The molecule has 1 spiro atoms. The van der Waals surface area contributed by atoms with Crippen molar-refractivity contribution in [3.05, 3.63) is 72.3 Å². The molecule has 0 aromatic heterocycles. The first kappa shape index (κ1) is 16.4. The molecular formula is C23H17N3O3. The monoisotopic (exact) mass is 383 g/mol. The van der Waals surface area contributed by atoms with Gasteiger partial charge in [0.1, 0.15) is 5.54 Å². The predicted molar refractivity (Wildman–Crippen MR) is 108 cm³/mol. The number of rotatable bonds is 1. The molecule has 2 saturated heterocycles. The quantitative estimate of drug-likeness (QED) is 0.633. The van der Waals surface area contributed by atoms with Gasteiger partial charge in [0.05, 0.1) is 17.5 Å². The van der Waals surface area contributed by atoms with E-state index in [9.17, 15) is 14.4 Å². The minimum atomic E-state index is -1.19. The minimum Gasteiger partial charge on any atom is -0.324 e. The maximum Gasteiger partial charge on any atom is 0.250 e. The second-order valence-electron chi connectivity index (χ2n) is 7.82. The summed E-state index contributed by atoms with van der Waals surface area (Å²) in [5, 5.41) is 8.09. The van der Waals surface area contributed by atoms with Crippen LogP contribution in [0.4, 0.5) is 11.4 Å². The second-order valence-corrected chi connectivity index (χ2v) is 7.82. The standard InChI is InChI=1S/C23H17N3O3/c27-20-16-12-24-23(17-7-3-4-8-18(17)25-22(23)29)19(16)21(28)26(20)15-10-9-13-5-1-2-6-14(13)11-15/h1-11,16,19,24H,12H2,(H,25,29)/t16-,19+,23-/m1/s1. The molecule has 2 N–H and O–H groups in total. The Hall–Kier alpha value is -3.51. The fourth-order valence-electron chi connectivity index (χ4n) is 5.13. The van der Waals surface area contributed by atoms with Gasteiger partial charge in [-0.25, -0.2) is 4.90 Å². The summed E-state index contributed by atoms with van der Waals surface area (Å²) >= 11 is 0. The number of nitrogens with one attached hydrogen (secondary N) is 2. The van der Waals surface area contributed by atoms with E-state index in [0.717, 1.165) is 16.3 Å². The molecule has 0 radical (unpaired) electrons. The topological polar surface area (TPSA) is 78.5 Å². The van der Waals surface area contributed by atoms with Gasteiger partial charge < -0.3 is 5.32 Å². The number of amides is 3. The third-order valence-corrected chi connectivity index (χ3v) is 6.44. The van der Waals surface area contributed by atoms with E-state index in [2.05, 4.69) is 10.6 Å². The minimum absolute atomic E-state index is 0.253. The molecule has 6 nitrogen and oxygen atoms in total. The highest BCUT2D eigenvalue weighted by molar-refractivity contribution is 6.26. The zero-order valence-corrected chi connectivity index (χ0v) is 15.4. The first-order valence-electron chi connectivity index (χ1n) is 9.64. The summed E-state index contributed by atoms with van der Waals surface area (Å²) < 4.78 is 0. The molecule has 3 aliphatic rings. The van der Waals surface area contributed by atoms with Crippen molar-refractivity contribution in [2.75, 3.05) is 16.8 Å². The summed E-state index contributed by atoms with van der Waals surface area (Å²) in [6.45, 7) is 0.293. The van der Waals surface area contributed by atoms with Gasteiger partial charge in [-0.15, -0.1) is 0 Å². The normalized spacial score (nSPS) is 27.6. The van der Waals surface area contributed by atoms with Crippen molar-refractivity contribution in [2.45, 2.75) is 5.54 Å². The van der Waals surface area contributed by atoms with Crippen LogP contribution >= 0.6 is 0 Å². The lowest BCUT2D eigenvalue weighted by molar-refractivity contribution is -0.130. The van der Waals surface area contributed by atoms with Gasteiger partial charge >= 0.3 is 0 Å². The van der Waals surface area contributed by atoms with E-state index in [1.807, 2.05) is 60.7 Å². The van der Waals surface area contributed by atoms with Crippen LogP contribution < -0.4 is 15.5 Å². The van der Waals surface area contributed by atoms with Crippen molar-refractivity contribution < 1.29 is 14.4 Å². The zero-order chi connectivity index (χ0) is 19.8. The highest BCUT2D eigenvalue weighted by Gasteiger charge is 2.67. The number of carbonyl (C=O) groups is 3. The fraction of sp³-hybridized carbons (Fsp3) is 0.174. The Morgan fingerprint density at radius 1 is 0.862 bits per heavy atom. The van der Waals surface area contributed by atoms with E-state index >= 15 is 0 Å². The van der Waals surface area contributed by atoms with Gasteiger partial charge in [-0.2, -0.15) is 0 Å². The molecule has 2 fully saturated rings. The molecule has 3 atom stereocenters. The van der Waals surface area contributed by atoms with E-state index < -0.39 is 17.4 Å². The highest BCUT2D eigenvalue weighted by Crippen LogP contribution is 2.51. The van der Waals surface area contributed by atoms with Crippen LogP contribution in [-0.2, 0) is 19.9 Å². The van der Waals surface area contributed by atoms with Crippen LogP contribution in [0.2, 0.25) is 0 Å². The van der Waals surface area contributed by atoms with Crippen LogP contribution in [0, 0.1) is 11.8 Å². The van der Waals surface area contributed by atoms with Crippen molar-refractivity contribution in [2.24, 2.45) is 11.8 Å². The van der Waals surface area contributed by atoms with E-state index in [4.69, 9.17) is 0 Å². The van der Waals surface area contributed by atoms with Crippen LogP contribution in [0.5, 0.6) is 0 Å². The van der Waals surface area contributed by atoms with Gasteiger partial charge in [0.2, 0.25) is 17.7 Å². The Morgan fingerprint density at radius 2 is 1.62 bits per heavy atom. The Bertz CT molecular complexity index is 1240. The number of imide groups is 1. The molecule has 3 amide bonds. The predicted octanol–water partition coefficient (Wildman–Crippen LogP) is 2.40. The molecule has 3 aromatic rings. The molecule has 0 saturated carbocycles. The lowest BCUT2D eigenvalue weighted by Crippen LogP contribution is -2.51. The lowest BCUT2D eigenvalue weighted by atomic mass is 9.77. The Labute approximate surface area is 166 Å². The fourth-order valence-corrected chi connectivity index (χ4v) is 5.13. The summed E-state index contributed by atoms with van der Waals surface area (Å²) in [7, 11) is 0. The molecule has 3 aromatic carbocycles. The number of benzene rings is 3. The van der Waals surface area contributed by atoms with Gasteiger partial charge in [-0.3, -0.25) is 19.7 Å². The van der Waals surface area contributed by atoms with Crippen LogP contribution in [0.15, 0.2) is 66.7 Å². The average Bonchev–Trinajstić information content (AvgIpc) is 3.35. The first-order chi connectivity index (χ1) is 14.1. The van der Waals surface area contributed by atoms with Crippen molar-refractivity contribution in [3.63, 3.8) is 0 Å². The largest absolute Gasteiger partial charge is 0.324 e. The molecule has 0 aliphatic carbocycles. The number of para-hydroxylation sites is 1. The van der Waals surface area contributed by atoms with Crippen molar-refractivity contribution in [1.29, 1.82) is 0 Å². The number of fused-ring (bicyclic) bond motifs is 5. The molecule has 6 heteroatoms.